The molecule has 2 atom stereocenters. The number of methoxy groups -OCH3 is 1. The molecule has 3 nitrogen and oxygen atoms in total. The minimum absolute atomic E-state index is 0.107. The zero-order chi connectivity index (χ0) is 10.9. The van der Waals surface area contributed by atoms with Crippen LogP contribution in [-0.4, -0.2) is 24.7 Å². The second kappa shape index (κ2) is 3.89. The van der Waals surface area contributed by atoms with E-state index >= 15 is 0 Å². The molecule has 0 radical (unpaired) electrons. The van der Waals surface area contributed by atoms with Crippen molar-refractivity contribution in [1.29, 1.82) is 0 Å². The van der Waals surface area contributed by atoms with Gasteiger partial charge in [-0.3, -0.25) is 10.1 Å². The third-order valence-electron chi connectivity index (χ3n) is 2.92. The van der Waals surface area contributed by atoms with E-state index in [1.54, 1.807) is 0 Å². The maximum atomic E-state index is 11.7. The van der Waals surface area contributed by atoms with E-state index in [1.807, 2.05) is 0 Å². The van der Waals surface area contributed by atoms with E-state index in [4.69, 9.17) is 4.74 Å². The molecule has 1 aliphatic carbocycles. The van der Waals surface area contributed by atoms with Crippen molar-refractivity contribution in [2.45, 2.75) is 45.7 Å². The maximum Gasteiger partial charge on any atom is 0.326 e. The lowest BCUT2D eigenvalue weighted by molar-refractivity contribution is -0.145. The fourth-order valence-electron chi connectivity index (χ4n) is 2.25. The Kier molecular flexibility index (Phi) is 3.20. The standard InChI is InChI=1S/C11H21NO2/c1-7(2)9-6-11(9,10(13)14-5)12-8(3)4/h7-9,12H,6H2,1-5H3. The summed E-state index contributed by atoms with van der Waals surface area (Å²) in [6.45, 7) is 8.41. The van der Waals surface area contributed by atoms with Crippen LogP contribution in [0.2, 0.25) is 0 Å². The van der Waals surface area contributed by atoms with Crippen molar-refractivity contribution in [3.8, 4) is 0 Å². The van der Waals surface area contributed by atoms with Gasteiger partial charge in [0.1, 0.15) is 5.54 Å². The first-order chi connectivity index (χ1) is 6.44. The van der Waals surface area contributed by atoms with Gasteiger partial charge in [0.2, 0.25) is 0 Å². The molecule has 1 N–H and O–H groups in total. The summed E-state index contributed by atoms with van der Waals surface area (Å²) in [4.78, 5) is 11.7. The van der Waals surface area contributed by atoms with Crippen molar-refractivity contribution in [1.82, 2.24) is 5.32 Å². The van der Waals surface area contributed by atoms with Crippen LogP contribution in [0.4, 0.5) is 0 Å². The summed E-state index contributed by atoms with van der Waals surface area (Å²) >= 11 is 0. The van der Waals surface area contributed by atoms with Crippen LogP contribution in [-0.2, 0) is 9.53 Å². The first kappa shape index (κ1) is 11.5. The number of hydrogen-bond acceptors (Lipinski definition) is 3. The fraction of sp³-hybridized carbons (Fsp3) is 0.909. The highest BCUT2D eigenvalue weighted by Gasteiger charge is 2.62. The largest absolute Gasteiger partial charge is 0.468 e. The van der Waals surface area contributed by atoms with Crippen LogP contribution in [0.1, 0.15) is 34.1 Å². The van der Waals surface area contributed by atoms with E-state index in [0.717, 1.165) is 6.42 Å². The Bertz CT molecular complexity index is 225. The summed E-state index contributed by atoms with van der Waals surface area (Å²) in [7, 11) is 1.46. The van der Waals surface area contributed by atoms with E-state index in [1.165, 1.54) is 7.11 Å². The van der Waals surface area contributed by atoms with Crippen molar-refractivity contribution in [2.24, 2.45) is 11.8 Å². The first-order valence-electron chi connectivity index (χ1n) is 5.30. The van der Waals surface area contributed by atoms with E-state index in [2.05, 4.69) is 33.0 Å². The number of hydrogen-bond donors (Lipinski definition) is 1. The van der Waals surface area contributed by atoms with Crippen LogP contribution in [0.25, 0.3) is 0 Å². The zero-order valence-electron chi connectivity index (χ0n) is 9.76. The number of ether oxygens (including phenoxy) is 1. The Labute approximate surface area is 86.2 Å². The molecule has 0 saturated heterocycles. The first-order valence-corrected chi connectivity index (χ1v) is 5.30. The lowest BCUT2D eigenvalue weighted by Gasteiger charge is -2.20. The molecule has 1 fully saturated rings. The average Bonchev–Trinajstić information content (AvgIpc) is 2.78. The number of carbonyl (C=O) groups excluding carboxylic acids is 1. The van der Waals surface area contributed by atoms with Crippen molar-refractivity contribution in [3.63, 3.8) is 0 Å². The van der Waals surface area contributed by atoms with Gasteiger partial charge in [0, 0.05) is 6.04 Å². The second-order valence-electron chi connectivity index (χ2n) is 4.82. The normalized spacial score (nSPS) is 30.9. The molecule has 0 amide bonds. The van der Waals surface area contributed by atoms with Gasteiger partial charge in [-0.1, -0.05) is 13.8 Å². The van der Waals surface area contributed by atoms with E-state index in [-0.39, 0.29) is 5.97 Å². The van der Waals surface area contributed by atoms with Gasteiger partial charge in [-0.05, 0) is 32.1 Å². The molecular weight excluding hydrogens is 178 g/mol. The summed E-state index contributed by atoms with van der Waals surface area (Å²) in [5, 5.41) is 3.34. The van der Waals surface area contributed by atoms with Crippen LogP contribution in [0.5, 0.6) is 0 Å². The van der Waals surface area contributed by atoms with Crippen molar-refractivity contribution in [2.75, 3.05) is 7.11 Å². The van der Waals surface area contributed by atoms with Crippen LogP contribution in [0.15, 0.2) is 0 Å². The number of nitrogens with one attached hydrogen (secondary N) is 1. The summed E-state index contributed by atoms with van der Waals surface area (Å²) in [5.74, 6) is 0.850. The highest BCUT2D eigenvalue weighted by Crippen LogP contribution is 2.49. The Morgan fingerprint density at radius 3 is 2.29 bits per heavy atom. The van der Waals surface area contributed by atoms with Gasteiger partial charge in [-0.15, -0.1) is 0 Å². The van der Waals surface area contributed by atoms with Crippen LogP contribution < -0.4 is 5.32 Å². The Morgan fingerprint density at radius 2 is 2.00 bits per heavy atom. The highest BCUT2D eigenvalue weighted by atomic mass is 16.5. The predicted octanol–water partition coefficient (Wildman–Crippen LogP) is 1.57. The summed E-state index contributed by atoms with van der Waals surface area (Å²) in [6.07, 6.45) is 0.912. The number of esters is 1. The number of carbonyl (C=O) groups is 1. The molecule has 0 heterocycles. The number of rotatable bonds is 4. The predicted molar refractivity (Wildman–Crippen MR) is 56.0 cm³/mol. The molecule has 82 valence electrons. The van der Waals surface area contributed by atoms with Gasteiger partial charge in [0.15, 0.2) is 0 Å². The molecule has 3 heteroatoms. The van der Waals surface area contributed by atoms with Crippen LogP contribution in [0.3, 0.4) is 0 Å². The summed E-state index contributed by atoms with van der Waals surface area (Å²) in [5.41, 5.74) is -0.392. The van der Waals surface area contributed by atoms with Crippen LogP contribution >= 0.6 is 0 Å². The molecule has 14 heavy (non-hydrogen) atoms. The molecule has 1 rings (SSSR count). The maximum absolute atomic E-state index is 11.7. The topological polar surface area (TPSA) is 38.3 Å². The van der Waals surface area contributed by atoms with Crippen molar-refractivity contribution < 1.29 is 9.53 Å². The molecule has 0 aliphatic heterocycles. The summed E-state index contributed by atoms with van der Waals surface area (Å²) < 4.78 is 4.86. The van der Waals surface area contributed by atoms with Gasteiger partial charge in [-0.2, -0.15) is 0 Å². The van der Waals surface area contributed by atoms with E-state index < -0.39 is 5.54 Å². The molecular formula is C11H21NO2. The molecule has 0 aromatic rings. The third-order valence-corrected chi connectivity index (χ3v) is 2.92. The Hall–Kier alpha value is -0.570. The Morgan fingerprint density at radius 1 is 1.43 bits per heavy atom. The summed E-state index contributed by atoms with van der Waals surface area (Å²) in [6, 6.07) is 0.317. The average molecular weight is 199 g/mol. The molecule has 1 saturated carbocycles. The molecule has 1 aliphatic rings. The van der Waals surface area contributed by atoms with E-state index in [0.29, 0.717) is 17.9 Å². The SMILES string of the molecule is COC(=O)C1(NC(C)C)CC1C(C)C. The highest BCUT2D eigenvalue weighted by molar-refractivity contribution is 5.85. The molecule has 2 unspecified atom stereocenters. The monoisotopic (exact) mass is 199 g/mol. The fourth-order valence-corrected chi connectivity index (χ4v) is 2.25. The van der Waals surface area contributed by atoms with Gasteiger partial charge < -0.3 is 4.74 Å². The van der Waals surface area contributed by atoms with Crippen LogP contribution in [0, 0.1) is 11.8 Å². The lowest BCUT2D eigenvalue weighted by Crippen LogP contribution is -2.46. The molecule has 0 aromatic heterocycles. The van der Waals surface area contributed by atoms with Gasteiger partial charge in [0.25, 0.3) is 0 Å². The zero-order valence-corrected chi connectivity index (χ0v) is 9.76. The lowest BCUT2D eigenvalue weighted by atomic mass is 10.0. The minimum Gasteiger partial charge on any atom is -0.468 e. The van der Waals surface area contributed by atoms with Gasteiger partial charge in [-0.25, -0.2) is 0 Å². The molecule has 0 spiro atoms. The minimum atomic E-state index is -0.392. The van der Waals surface area contributed by atoms with Crippen molar-refractivity contribution >= 4 is 5.97 Å². The Balaban J connectivity index is 2.70. The van der Waals surface area contributed by atoms with Gasteiger partial charge >= 0.3 is 5.97 Å². The molecule has 0 bridgehead atoms. The molecule has 0 aromatic carbocycles. The quantitative estimate of drug-likeness (QED) is 0.698. The second-order valence-corrected chi connectivity index (χ2v) is 4.82. The third kappa shape index (κ3) is 1.92. The van der Waals surface area contributed by atoms with Gasteiger partial charge in [0.05, 0.1) is 7.11 Å². The smallest absolute Gasteiger partial charge is 0.326 e. The van der Waals surface area contributed by atoms with Crippen molar-refractivity contribution in [3.05, 3.63) is 0 Å². The van der Waals surface area contributed by atoms with E-state index in [9.17, 15) is 4.79 Å².